The highest BCUT2D eigenvalue weighted by atomic mass is 16.2. The second-order valence-electron chi connectivity index (χ2n) is 10.2. The van der Waals surface area contributed by atoms with Crippen LogP contribution in [0.2, 0.25) is 0 Å². The smallest absolute Gasteiger partial charge is 0.274 e. The Hall–Kier alpha value is -1.98. The first-order chi connectivity index (χ1) is 13.6. The molecule has 2 amide bonds. The summed E-state index contributed by atoms with van der Waals surface area (Å²) in [7, 11) is 0. The molecule has 6 heteroatoms. The zero-order chi connectivity index (χ0) is 21.2. The predicted molar refractivity (Wildman–Crippen MR) is 113 cm³/mol. The summed E-state index contributed by atoms with van der Waals surface area (Å²) in [6, 6.07) is 0.346. The van der Waals surface area contributed by atoms with Crippen molar-refractivity contribution in [1.82, 2.24) is 19.8 Å². The molecule has 160 valence electrons. The summed E-state index contributed by atoms with van der Waals surface area (Å²) in [4.78, 5) is 38.3. The molecule has 29 heavy (non-hydrogen) atoms. The molecule has 2 heterocycles. The summed E-state index contributed by atoms with van der Waals surface area (Å²) in [6.45, 7) is 12.9. The molecule has 1 aromatic rings. The molecule has 2 bridgehead atoms. The Morgan fingerprint density at radius 3 is 2.59 bits per heavy atom. The molecule has 1 aromatic heterocycles. The fourth-order valence-electron chi connectivity index (χ4n) is 5.45. The van der Waals surface area contributed by atoms with E-state index in [0.717, 1.165) is 37.9 Å². The average Bonchev–Trinajstić information content (AvgIpc) is 2.90. The molecule has 6 nitrogen and oxygen atoms in total. The van der Waals surface area contributed by atoms with Gasteiger partial charge in [0.15, 0.2) is 0 Å². The van der Waals surface area contributed by atoms with Gasteiger partial charge in [-0.05, 0) is 43.4 Å². The predicted octanol–water partition coefficient (Wildman–Crippen LogP) is 3.84. The number of aryl methyl sites for hydroxylation is 1. The zero-order valence-electron chi connectivity index (χ0n) is 18.7. The van der Waals surface area contributed by atoms with Gasteiger partial charge in [0.2, 0.25) is 5.91 Å². The number of unbranched alkanes of at least 4 members (excludes halogenated alkanes) is 1. The van der Waals surface area contributed by atoms with E-state index < -0.39 is 0 Å². The molecule has 1 aliphatic carbocycles. The number of nitrogens with zero attached hydrogens (tertiary/aromatic N) is 4. The van der Waals surface area contributed by atoms with Gasteiger partial charge in [-0.25, -0.2) is 4.98 Å². The lowest BCUT2D eigenvalue weighted by atomic mass is 9.65. The normalized spacial score (nSPS) is 25.1. The largest absolute Gasteiger partial charge is 0.339 e. The van der Waals surface area contributed by atoms with Gasteiger partial charge in [0.1, 0.15) is 5.69 Å². The third kappa shape index (κ3) is 5.14. The number of hydrogen-bond donors (Lipinski definition) is 0. The monoisotopic (exact) mass is 400 g/mol. The number of aromatic nitrogens is 2. The van der Waals surface area contributed by atoms with E-state index in [2.05, 4.69) is 42.6 Å². The van der Waals surface area contributed by atoms with Crippen LogP contribution in [0.1, 0.15) is 82.4 Å². The Labute approximate surface area is 175 Å². The summed E-state index contributed by atoms with van der Waals surface area (Å²) < 4.78 is 0. The van der Waals surface area contributed by atoms with E-state index in [1.54, 1.807) is 11.1 Å². The molecular formula is C23H36N4O2. The van der Waals surface area contributed by atoms with Crippen molar-refractivity contribution in [2.75, 3.05) is 19.6 Å². The van der Waals surface area contributed by atoms with Gasteiger partial charge in [-0.3, -0.25) is 14.6 Å². The van der Waals surface area contributed by atoms with Crippen molar-refractivity contribution in [2.24, 2.45) is 10.8 Å². The van der Waals surface area contributed by atoms with Crippen LogP contribution < -0.4 is 0 Å². The minimum absolute atomic E-state index is 0.132. The lowest BCUT2D eigenvalue weighted by molar-refractivity contribution is -0.132. The van der Waals surface area contributed by atoms with Gasteiger partial charge in [-0.1, -0.05) is 34.1 Å². The molecule has 2 fully saturated rings. The fraction of sp³-hybridized carbons (Fsp3) is 0.739. The van der Waals surface area contributed by atoms with Crippen molar-refractivity contribution in [1.29, 1.82) is 0 Å². The van der Waals surface area contributed by atoms with Crippen LogP contribution in [-0.2, 0) is 4.79 Å². The lowest BCUT2D eigenvalue weighted by Gasteiger charge is -2.39. The Morgan fingerprint density at radius 1 is 1.17 bits per heavy atom. The molecule has 2 atom stereocenters. The highest BCUT2D eigenvalue weighted by molar-refractivity contribution is 5.92. The summed E-state index contributed by atoms with van der Waals surface area (Å²) in [5, 5.41) is 0. The summed E-state index contributed by atoms with van der Waals surface area (Å²) >= 11 is 0. The van der Waals surface area contributed by atoms with Crippen LogP contribution >= 0.6 is 0 Å². The van der Waals surface area contributed by atoms with E-state index in [1.807, 2.05) is 6.92 Å². The van der Waals surface area contributed by atoms with Gasteiger partial charge >= 0.3 is 0 Å². The molecule has 1 saturated heterocycles. The van der Waals surface area contributed by atoms with Crippen LogP contribution in [0.5, 0.6) is 0 Å². The number of likely N-dealkylation sites (tertiary alicyclic amines) is 1. The topological polar surface area (TPSA) is 66.4 Å². The second kappa shape index (κ2) is 8.41. The van der Waals surface area contributed by atoms with Crippen molar-refractivity contribution >= 4 is 11.8 Å². The summed E-state index contributed by atoms with van der Waals surface area (Å²) in [6.07, 6.45) is 8.80. The van der Waals surface area contributed by atoms with E-state index in [-0.39, 0.29) is 17.2 Å². The SMILES string of the molecule is CCCCN(CCC(=O)N1C[C@]2(C)C[C@H]1CC(C)(C)C2)C(=O)c1cnc(C)cn1. The van der Waals surface area contributed by atoms with E-state index in [9.17, 15) is 9.59 Å². The molecule has 3 rings (SSSR count). The second-order valence-corrected chi connectivity index (χ2v) is 10.2. The molecule has 1 saturated carbocycles. The van der Waals surface area contributed by atoms with Crippen molar-refractivity contribution in [3.8, 4) is 0 Å². The van der Waals surface area contributed by atoms with Gasteiger partial charge in [-0.2, -0.15) is 0 Å². The van der Waals surface area contributed by atoms with Crippen molar-refractivity contribution in [2.45, 2.75) is 79.2 Å². The van der Waals surface area contributed by atoms with Crippen molar-refractivity contribution in [3.63, 3.8) is 0 Å². The minimum atomic E-state index is -0.132. The zero-order valence-corrected chi connectivity index (χ0v) is 18.7. The molecule has 0 spiro atoms. The fourth-order valence-corrected chi connectivity index (χ4v) is 5.45. The molecule has 1 aliphatic heterocycles. The third-order valence-electron chi connectivity index (χ3n) is 6.40. The van der Waals surface area contributed by atoms with Gasteiger partial charge in [-0.15, -0.1) is 0 Å². The van der Waals surface area contributed by atoms with Gasteiger partial charge in [0.25, 0.3) is 5.91 Å². The molecule has 0 unspecified atom stereocenters. The Morgan fingerprint density at radius 2 is 1.93 bits per heavy atom. The maximum Gasteiger partial charge on any atom is 0.274 e. The maximum atomic E-state index is 13.1. The number of amides is 2. The lowest BCUT2D eigenvalue weighted by Crippen LogP contribution is -2.40. The van der Waals surface area contributed by atoms with E-state index >= 15 is 0 Å². The van der Waals surface area contributed by atoms with E-state index in [0.29, 0.717) is 36.7 Å². The molecule has 0 radical (unpaired) electrons. The highest BCUT2D eigenvalue weighted by Crippen LogP contribution is 2.52. The first-order valence-corrected chi connectivity index (χ1v) is 11.0. The van der Waals surface area contributed by atoms with E-state index in [4.69, 9.17) is 0 Å². The minimum Gasteiger partial charge on any atom is -0.339 e. The Bertz CT molecular complexity index is 746. The van der Waals surface area contributed by atoms with Crippen molar-refractivity contribution in [3.05, 3.63) is 23.8 Å². The average molecular weight is 401 g/mol. The van der Waals surface area contributed by atoms with Crippen LogP contribution in [0.15, 0.2) is 12.4 Å². The van der Waals surface area contributed by atoms with Crippen molar-refractivity contribution < 1.29 is 9.59 Å². The first kappa shape index (κ1) is 21.7. The number of carbonyl (C=O) groups excluding carboxylic acids is 2. The summed E-state index contributed by atoms with van der Waals surface area (Å²) in [5.41, 5.74) is 1.66. The van der Waals surface area contributed by atoms with Crippen LogP contribution in [0.3, 0.4) is 0 Å². The molecular weight excluding hydrogens is 364 g/mol. The maximum absolute atomic E-state index is 13.1. The van der Waals surface area contributed by atoms with E-state index in [1.165, 1.54) is 12.6 Å². The van der Waals surface area contributed by atoms with Crippen LogP contribution in [0.25, 0.3) is 0 Å². The number of fused-ring (bicyclic) bond motifs is 2. The highest BCUT2D eigenvalue weighted by Gasteiger charge is 2.50. The van der Waals surface area contributed by atoms with Crippen LogP contribution in [-0.4, -0.2) is 57.3 Å². The number of carbonyl (C=O) groups is 2. The van der Waals surface area contributed by atoms with Gasteiger partial charge in [0.05, 0.1) is 11.9 Å². The third-order valence-corrected chi connectivity index (χ3v) is 6.40. The van der Waals surface area contributed by atoms with Crippen LogP contribution in [0, 0.1) is 17.8 Å². The standard InChI is InChI=1S/C23H36N4O2/c1-6-7-9-26(21(29)19-14-24-17(2)13-25-19)10-8-20(28)27-16-23(5)12-18(27)11-22(3,4)15-23/h13-14,18H,6-12,15-16H2,1-5H3/t18-,23-/m1/s1. The number of hydrogen-bond acceptors (Lipinski definition) is 4. The first-order valence-electron chi connectivity index (χ1n) is 11.0. The quantitative estimate of drug-likeness (QED) is 0.697. The molecule has 0 aromatic carbocycles. The summed E-state index contributed by atoms with van der Waals surface area (Å²) in [5.74, 6) is 0.0488. The molecule has 2 aliphatic rings. The van der Waals surface area contributed by atoms with Gasteiger partial charge in [0, 0.05) is 38.3 Å². The van der Waals surface area contributed by atoms with Crippen LogP contribution in [0.4, 0.5) is 0 Å². The van der Waals surface area contributed by atoms with Gasteiger partial charge < -0.3 is 9.80 Å². The number of rotatable bonds is 7. The molecule has 0 N–H and O–H groups in total. The Kier molecular flexibility index (Phi) is 6.30. The Balaban J connectivity index is 1.64.